The van der Waals surface area contributed by atoms with Gasteiger partial charge in [-0.25, -0.2) is 0 Å². The summed E-state index contributed by atoms with van der Waals surface area (Å²) in [5.41, 5.74) is 0. The number of thiophene rings is 1. The minimum atomic E-state index is 0.427. The van der Waals surface area contributed by atoms with Gasteiger partial charge in [0, 0.05) is 31.4 Å². The van der Waals surface area contributed by atoms with Gasteiger partial charge >= 0.3 is 0 Å². The SMILES string of the molecule is CN=C(NCCc1ccco1)NCC(c1cccs1)N1CCCC1. The van der Waals surface area contributed by atoms with Crippen molar-refractivity contribution in [2.75, 3.05) is 33.2 Å². The number of likely N-dealkylation sites (tertiary alicyclic amines) is 1. The van der Waals surface area contributed by atoms with Crippen LogP contribution in [-0.4, -0.2) is 44.1 Å². The highest BCUT2D eigenvalue weighted by atomic mass is 32.1. The van der Waals surface area contributed by atoms with Crippen LogP contribution in [0.2, 0.25) is 0 Å². The molecule has 2 aromatic heterocycles. The van der Waals surface area contributed by atoms with Crippen LogP contribution >= 0.6 is 11.3 Å². The summed E-state index contributed by atoms with van der Waals surface area (Å²) in [6, 6.07) is 8.72. The highest BCUT2D eigenvalue weighted by Gasteiger charge is 2.24. The van der Waals surface area contributed by atoms with Gasteiger partial charge in [0.2, 0.25) is 0 Å². The highest BCUT2D eigenvalue weighted by Crippen LogP contribution is 2.27. The molecule has 0 saturated carbocycles. The second kappa shape index (κ2) is 8.89. The Bertz CT molecular complexity index is 603. The van der Waals surface area contributed by atoms with Gasteiger partial charge in [0.25, 0.3) is 0 Å². The Hall–Kier alpha value is -1.79. The Balaban J connectivity index is 1.50. The van der Waals surface area contributed by atoms with Crippen LogP contribution in [-0.2, 0) is 6.42 Å². The first-order valence-electron chi connectivity index (χ1n) is 8.61. The molecule has 24 heavy (non-hydrogen) atoms. The molecule has 3 rings (SSSR count). The third-order valence-electron chi connectivity index (χ3n) is 4.38. The molecule has 2 aromatic rings. The molecular formula is C18H26N4OS. The van der Waals surface area contributed by atoms with E-state index in [1.807, 2.05) is 30.5 Å². The molecule has 5 nitrogen and oxygen atoms in total. The lowest BCUT2D eigenvalue weighted by atomic mass is 10.2. The molecule has 1 atom stereocenters. The molecule has 0 aliphatic carbocycles. The van der Waals surface area contributed by atoms with E-state index >= 15 is 0 Å². The van der Waals surface area contributed by atoms with Gasteiger partial charge in [-0.2, -0.15) is 0 Å². The van der Waals surface area contributed by atoms with Gasteiger partial charge in [-0.3, -0.25) is 9.89 Å². The lowest BCUT2D eigenvalue weighted by Crippen LogP contribution is -2.43. The molecule has 0 radical (unpaired) electrons. The summed E-state index contributed by atoms with van der Waals surface area (Å²) >= 11 is 1.84. The van der Waals surface area contributed by atoms with E-state index in [9.17, 15) is 0 Å². The Morgan fingerprint density at radius 1 is 1.29 bits per heavy atom. The predicted molar refractivity (Wildman–Crippen MR) is 99.6 cm³/mol. The fourth-order valence-corrected chi connectivity index (χ4v) is 3.98. The predicted octanol–water partition coefficient (Wildman–Crippen LogP) is 2.89. The van der Waals surface area contributed by atoms with E-state index < -0.39 is 0 Å². The van der Waals surface area contributed by atoms with E-state index in [2.05, 4.69) is 38.0 Å². The second-order valence-corrected chi connectivity index (χ2v) is 6.96. The maximum atomic E-state index is 5.36. The molecule has 0 aromatic carbocycles. The molecule has 130 valence electrons. The van der Waals surface area contributed by atoms with Crippen LogP contribution in [0.15, 0.2) is 45.3 Å². The van der Waals surface area contributed by atoms with Gasteiger partial charge in [-0.05, 0) is 49.5 Å². The Morgan fingerprint density at radius 3 is 2.83 bits per heavy atom. The Labute approximate surface area is 147 Å². The van der Waals surface area contributed by atoms with Gasteiger partial charge in [0.1, 0.15) is 5.76 Å². The topological polar surface area (TPSA) is 52.8 Å². The van der Waals surface area contributed by atoms with E-state index in [-0.39, 0.29) is 0 Å². The van der Waals surface area contributed by atoms with E-state index in [1.54, 1.807) is 6.26 Å². The summed E-state index contributed by atoms with van der Waals surface area (Å²) in [6.07, 6.45) is 5.17. The molecule has 1 aliphatic heterocycles. The van der Waals surface area contributed by atoms with E-state index in [4.69, 9.17) is 4.42 Å². The minimum absolute atomic E-state index is 0.427. The van der Waals surface area contributed by atoms with Crippen molar-refractivity contribution in [1.82, 2.24) is 15.5 Å². The van der Waals surface area contributed by atoms with Crippen molar-refractivity contribution < 1.29 is 4.42 Å². The molecule has 1 saturated heterocycles. The van der Waals surface area contributed by atoms with Gasteiger partial charge in [-0.15, -0.1) is 11.3 Å². The molecule has 0 amide bonds. The van der Waals surface area contributed by atoms with Crippen LogP contribution in [0, 0.1) is 0 Å². The number of nitrogens with one attached hydrogen (secondary N) is 2. The molecule has 3 heterocycles. The van der Waals surface area contributed by atoms with Crippen molar-refractivity contribution in [3.05, 3.63) is 46.5 Å². The summed E-state index contributed by atoms with van der Waals surface area (Å²) in [5.74, 6) is 1.84. The molecule has 1 fully saturated rings. The number of guanidine groups is 1. The van der Waals surface area contributed by atoms with Crippen molar-refractivity contribution in [1.29, 1.82) is 0 Å². The van der Waals surface area contributed by atoms with Gasteiger partial charge < -0.3 is 15.1 Å². The third-order valence-corrected chi connectivity index (χ3v) is 5.36. The molecule has 0 bridgehead atoms. The van der Waals surface area contributed by atoms with Crippen molar-refractivity contribution in [3.8, 4) is 0 Å². The number of aliphatic imine (C=N–C) groups is 1. The molecule has 2 N–H and O–H groups in total. The van der Waals surface area contributed by atoms with Crippen LogP contribution < -0.4 is 10.6 Å². The lowest BCUT2D eigenvalue weighted by Gasteiger charge is -2.27. The van der Waals surface area contributed by atoms with Crippen LogP contribution in [0.5, 0.6) is 0 Å². The highest BCUT2D eigenvalue weighted by molar-refractivity contribution is 7.10. The Kier molecular flexibility index (Phi) is 6.32. The van der Waals surface area contributed by atoms with Gasteiger partial charge in [0.05, 0.1) is 12.3 Å². The zero-order valence-electron chi connectivity index (χ0n) is 14.2. The van der Waals surface area contributed by atoms with Crippen LogP contribution in [0.4, 0.5) is 0 Å². The number of furan rings is 1. The normalized spacial score (nSPS) is 17.1. The smallest absolute Gasteiger partial charge is 0.191 e. The standard InChI is InChI=1S/C18H26N4OS/c1-19-18(20-9-8-15-6-4-12-23-15)21-14-16(17-7-5-13-24-17)22-10-2-3-11-22/h4-7,12-13,16H,2-3,8-11,14H2,1H3,(H2,19,20,21). The van der Waals surface area contributed by atoms with Gasteiger partial charge in [0.15, 0.2) is 5.96 Å². The van der Waals surface area contributed by atoms with E-state index in [0.717, 1.165) is 31.2 Å². The molecule has 0 spiro atoms. The summed E-state index contributed by atoms with van der Waals surface area (Å²) in [4.78, 5) is 8.34. The van der Waals surface area contributed by atoms with Crippen molar-refractivity contribution >= 4 is 17.3 Å². The summed E-state index contributed by atoms with van der Waals surface area (Å²) in [6.45, 7) is 4.06. The Morgan fingerprint density at radius 2 is 2.17 bits per heavy atom. The fourth-order valence-electron chi connectivity index (χ4n) is 3.12. The average Bonchev–Trinajstić information content (AvgIpc) is 3.35. The van der Waals surface area contributed by atoms with Crippen molar-refractivity contribution in [3.63, 3.8) is 0 Å². The van der Waals surface area contributed by atoms with Crippen molar-refractivity contribution in [2.24, 2.45) is 4.99 Å². The van der Waals surface area contributed by atoms with Crippen molar-refractivity contribution in [2.45, 2.75) is 25.3 Å². The maximum Gasteiger partial charge on any atom is 0.191 e. The number of nitrogens with zero attached hydrogens (tertiary/aromatic N) is 2. The van der Waals surface area contributed by atoms with Crippen LogP contribution in [0.25, 0.3) is 0 Å². The monoisotopic (exact) mass is 346 g/mol. The summed E-state index contributed by atoms with van der Waals surface area (Å²) < 4.78 is 5.36. The van der Waals surface area contributed by atoms with Crippen LogP contribution in [0.3, 0.4) is 0 Å². The third kappa shape index (κ3) is 4.61. The number of hydrogen-bond acceptors (Lipinski definition) is 4. The summed E-state index contributed by atoms with van der Waals surface area (Å²) in [7, 11) is 1.82. The molecule has 1 unspecified atom stereocenters. The molecule has 6 heteroatoms. The van der Waals surface area contributed by atoms with Gasteiger partial charge in [-0.1, -0.05) is 6.07 Å². The fraction of sp³-hybridized carbons (Fsp3) is 0.500. The first-order valence-corrected chi connectivity index (χ1v) is 9.49. The first kappa shape index (κ1) is 17.0. The minimum Gasteiger partial charge on any atom is -0.469 e. The van der Waals surface area contributed by atoms with Crippen LogP contribution in [0.1, 0.15) is 29.5 Å². The summed E-state index contributed by atoms with van der Waals surface area (Å²) in [5, 5.41) is 9.01. The second-order valence-electron chi connectivity index (χ2n) is 5.98. The zero-order chi connectivity index (χ0) is 16.6. The first-order chi connectivity index (χ1) is 11.9. The van der Waals surface area contributed by atoms with E-state index in [1.165, 1.54) is 30.8 Å². The zero-order valence-corrected chi connectivity index (χ0v) is 15.0. The quantitative estimate of drug-likeness (QED) is 0.598. The van der Waals surface area contributed by atoms with E-state index in [0.29, 0.717) is 6.04 Å². The lowest BCUT2D eigenvalue weighted by molar-refractivity contribution is 0.249. The molecule has 1 aliphatic rings. The largest absolute Gasteiger partial charge is 0.469 e. The molecular weight excluding hydrogens is 320 g/mol. The number of rotatable bonds is 7. The maximum absolute atomic E-state index is 5.36. The average molecular weight is 347 g/mol. The number of hydrogen-bond donors (Lipinski definition) is 2.